The molecule has 10 heteroatoms. The number of sulfone groups is 1. The van der Waals surface area contributed by atoms with Gasteiger partial charge in [0.2, 0.25) is 9.84 Å². The molecule has 2 aromatic heterocycles. The van der Waals surface area contributed by atoms with Gasteiger partial charge in [-0.15, -0.1) is 0 Å². The lowest BCUT2D eigenvalue weighted by Crippen LogP contribution is -2.55. The number of benzene rings is 2. The van der Waals surface area contributed by atoms with Gasteiger partial charge in [0.25, 0.3) is 0 Å². The van der Waals surface area contributed by atoms with E-state index in [1.54, 1.807) is 23.8 Å². The average Bonchev–Trinajstić information content (AvgIpc) is 3.27. The Morgan fingerprint density at radius 2 is 1.65 bits per heavy atom. The van der Waals surface area contributed by atoms with Crippen molar-refractivity contribution in [3.8, 4) is 22.3 Å². The minimum absolute atomic E-state index is 0.387. The van der Waals surface area contributed by atoms with Crippen molar-refractivity contribution in [2.75, 3.05) is 18.0 Å². The first-order valence-electron chi connectivity index (χ1n) is 12.1. The molecule has 1 saturated heterocycles. The van der Waals surface area contributed by atoms with E-state index in [0.29, 0.717) is 35.8 Å². The fraction of sp³-hybridized carbons (Fsp3) is 0.333. The number of rotatable bonds is 5. The van der Waals surface area contributed by atoms with Crippen LogP contribution in [0.5, 0.6) is 0 Å². The van der Waals surface area contributed by atoms with Gasteiger partial charge in [0.1, 0.15) is 0 Å². The molecule has 1 N–H and O–H groups in total. The molecular weight excluding hydrogens is 496 g/mol. The topological polar surface area (TPSA) is 79.6 Å². The number of hydrogen-bond donors (Lipinski definition) is 1. The molecule has 1 aliphatic rings. The van der Waals surface area contributed by atoms with E-state index in [9.17, 15) is 17.2 Å². The summed E-state index contributed by atoms with van der Waals surface area (Å²) in [6.45, 7) is 8.49. The van der Waals surface area contributed by atoms with Gasteiger partial charge in [-0.2, -0.15) is 13.9 Å². The van der Waals surface area contributed by atoms with Crippen LogP contribution in [0.4, 0.5) is 14.5 Å². The molecule has 0 unspecified atom stereocenters. The zero-order chi connectivity index (χ0) is 26.5. The lowest BCUT2D eigenvalue weighted by atomic mass is 10.0. The molecule has 0 aliphatic carbocycles. The Labute approximate surface area is 215 Å². The van der Waals surface area contributed by atoms with E-state index in [1.165, 1.54) is 23.9 Å². The van der Waals surface area contributed by atoms with E-state index in [1.807, 2.05) is 6.20 Å². The van der Waals surface area contributed by atoms with Crippen LogP contribution in [0.1, 0.15) is 26.3 Å². The first kappa shape index (κ1) is 25.3. The van der Waals surface area contributed by atoms with E-state index >= 15 is 0 Å². The van der Waals surface area contributed by atoms with Crippen molar-refractivity contribution in [2.45, 2.75) is 49.9 Å². The molecule has 194 valence electrons. The highest BCUT2D eigenvalue weighted by atomic mass is 32.2. The Bertz CT molecular complexity index is 1550. The highest BCUT2D eigenvalue weighted by Crippen LogP contribution is 2.34. The minimum atomic E-state index is -4.81. The van der Waals surface area contributed by atoms with Gasteiger partial charge in [0.15, 0.2) is 5.65 Å². The maximum absolute atomic E-state index is 13.8. The molecule has 0 amide bonds. The zero-order valence-electron chi connectivity index (χ0n) is 21.1. The molecule has 0 bridgehead atoms. The van der Waals surface area contributed by atoms with E-state index in [0.717, 1.165) is 29.8 Å². The van der Waals surface area contributed by atoms with E-state index in [4.69, 9.17) is 0 Å². The van der Waals surface area contributed by atoms with Gasteiger partial charge < -0.3 is 10.2 Å². The Balaban J connectivity index is 1.48. The summed E-state index contributed by atoms with van der Waals surface area (Å²) in [5.74, 6) is 0. The summed E-state index contributed by atoms with van der Waals surface area (Å²) >= 11 is 0. The first-order valence-corrected chi connectivity index (χ1v) is 13.6. The summed E-state index contributed by atoms with van der Waals surface area (Å²) in [7, 11) is -4.81. The average molecular weight is 526 g/mol. The maximum atomic E-state index is 13.8. The molecule has 3 heterocycles. The summed E-state index contributed by atoms with van der Waals surface area (Å²) < 4.78 is 53.8. The minimum Gasteiger partial charge on any atom is -0.364 e. The fourth-order valence-electron chi connectivity index (χ4n) is 4.95. The number of alkyl halides is 2. The van der Waals surface area contributed by atoms with Crippen LogP contribution in [0.2, 0.25) is 0 Å². The number of halogens is 2. The second kappa shape index (κ2) is 9.18. The van der Waals surface area contributed by atoms with E-state index < -0.39 is 20.0 Å². The van der Waals surface area contributed by atoms with Crippen LogP contribution in [0.15, 0.2) is 66.0 Å². The molecule has 0 spiro atoms. The highest BCUT2D eigenvalue weighted by Gasteiger charge is 2.41. The number of anilines is 1. The number of piperazine rings is 1. The standard InChI is InChI=1S/C27H29F2N5O2S/c1-17-5-10-23(37(35,36)27(4,28)29)11-24(17)25-15-32-33-16-21(14-31-26(25)33)20-6-8-22(9-7-20)34-18(2)12-30-13-19(34)3/h5-11,14-16,18-19,30H,12-13H2,1-4H3/t18-,19+. The highest BCUT2D eigenvalue weighted by molar-refractivity contribution is 7.92. The normalized spacial score (nSPS) is 18.9. The zero-order valence-corrected chi connectivity index (χ0v) is 21.9. The summed E-state index contributed by atoms with van der Waals surface area (Å²) in [5.41, 5.74) is 5.31. The Morgan fingerprint density at radius 3 is 2.30 bits per heavy atom. The van der Waals surface area contributed by atoms with Crippen LogP contribution in [-0.4, -0.2) is 53.4 Å². The Kier molecular flexibility index (Phi) is 6.27. The van der Waals surface area contributed by atoms with E-state index in [-0.39, 0.29) is 0 Å². The third-order valence-corrected chi connectivity index (χ3v) is 8.78. The summed E-state index contributed by atoms with van der Waals surface area (Å²) in [6.07, 6.45) is 5.17. The second-order valence-corrected chi connectivity index (χ2v) is 12.0. The number of nitrogens with zero attached hydrogens (tertiary/aromatic N) is 4. The number of aromatic nitrogens is 3. The first-order chi connectivity index (χ1) is 17.5. The molecule has 2 atom stereocenters. The van der Waals surface area contributed by atoms with Crippen LogP contribution < -0.4 is 10.2 Å². The predicted molar refractivity (Wildman–Crippen MR) is 141 cm³/mol. The molecule has 2 aromatic carbocycles. The van der Waals surface area contributed by atoms with Gasteiger partial charge in [0.05, 0.1) is 11.1 Å². The second-order valence-electron chi connectivity index (χ2n) is 9.77. The Morgan fingerprint density at radius 1 is 0.973 bits per heavy atom. The number of aryl methyl sites for hydroxylation is 1. The monoisotopic (exact) mass is 525 g/mol. The van der Waals surface area contributed by atoms with Crippen molar-refractivity contribution < 1.29 is 17.2 Å². The van der Waals surface area contributed by atoms with Gasteiger partial charge in [-0.05, 0) is 61.7 Å². The third-order valence-electron chi connectivity index (χ3n) is 6.97. The van der Waals surface area contributed by atoms with Crippen LogP contribution in [-0.2, 0) is 9.84 Å². The maximum Gasteiger partial charge on any atom is 0.347 e. The smallest absolute Gasteiger partial charge is 0.347 e. The lowest BCUT2D eigenvalue weighted by molar-refractivity contribution is 0.114. The Hall–Kier alpha value is -3.37. The molecule has 0 saturated carbocycles. The van der Waals surface area contributed by atoms with Gasteiger partial charge in [-0.3, -0.25) is 0 Å². The molecule has 7 nitrogen and oxygen atoms in total. The van der Waals surface area contributed by atoms with Gasteiger partial charge in [-0.25, -0.2) is 17.9 Å². The molecule has 1 fully saturated rings. The van der Waals surface area contributed by atoms with Crippen LogP contribution >= 0.6 is 0 Å². The summed E-state index contributed by atoms with van der Waals surface area (Å²) in [5, 5.41) is 3.98. The SMILES string of the molecule is Cc1ccc(S(=O)(=O)C(C)(F)F)cc1-c1cnn2cc(-c3ccc(N4[C@H](C)CNC[C@@H]4C)cc3)cnc12. The molecule has 4 aromatic rings. The number of hydrogen-bond acceptors (Lipinski definition) is 6. The molecule has 5 rings (SSSR count). The van der Waals surface area contributed by atoms with Gasteiger partial charge >= 0.3 is 5.25 Å². The number of nitrogens with one attached hydrogen (secondary N) is 1. The molecule has 37 heavy (non-hydrogen) atoms. The van der Waals surface area contributed by atoms with Crippen molar-refractivity contribution in [1.29, 1.82) is 0 Å². The van der Waals surface area contributed by atoms with Gasteiger partial charge in [-0.1, -0.05) is 18.2 Å². The summed E-state index contributed by atoms with van der Waals surface area (Å²) in [6, 6.07) is 13.1. The fourth-order valence-corrected chi connectivity index (χ4v) is 5.88. The quantitative estimate of drug-likeness (QED) is 0.398. The van der Waals surface area contributed by atoms with Crippen molar-refractivity contribution in [1.82, 2.24) is 19.9 Å². The van der Waals surface area contributed by atoms with Gasteiger partial charge in [0, 0.05) is 61.3 Å². The van der Waals surface area contributed by atoms with E-state index in [2.05, 4.69) is 58.4 Å². The molecular formula is C27H29F2N5O2S. The lowest BCUT2D eigenvalue weighted by Gasteiger charge is -2.41. The molecule has 0 radical (unpaired) electrons. The summed E-state index contributed by atoms with van der Waals surface area (Å²) in [4.78, 5) is 6.58. The third kappa shape index (κ3) is 4.48. The number of fused-ring (bicyclic) bond motifs is 1. The van der Waals surface area contributed by atoms with Crippen LogP contribution in [0.25, 0.3) is 27.9 Å². The van der Waals surface area contributed by atoms with Crippen LogP contribution in [0.3, 0.4) is 0 Å². The van der Waals surface area contributed by atoms with Crippen molar-refractivity contribution in [2.24, 2.45) is 0 Å². The molecule has 1 aliphatic heterocycles. The largest absolute Gasteiger partial charge is 0.364 e. The van der Waals surface area contributed by atoms with Crippen LogP contribution in [0, 0.1) is 6.92 Å². The van der Waals surface area contributed by atoms with Crippen molar-refractivity contribution in [3.63, 3.8) is 0 Å². The predicted octanol–water partition coefficient (Wildman–Crippen LogP) is 4.94. The van der Waals surface area contributed by atoms with Crippen molar-refractivity contribution in [3.05, 3.63) is 66.6 Å². The van der Waals surface area contributed by atoms with Crippen molar-refractivity contribution >= 4 is 21.2 Å².